The number of amides is 1. The van der Waals surface area contributed by atoms with Crippen molar-refractivity contribution in [3.8, 4) is 0 Å². The number of rotatable bonds is 6. The van der Waals surface area contributed by atoms with Crippen LogP contribution in [-0.2, 0) is 6.42 Å². The highest BCUT2D eigenvalue weighted by Gasteiger charge is 2.26. The zero-order valence-electron chi connectivity index (χ0n) is 12.8. The molecule has 0 heterocycles. The molecule has 0 bridgehead atoms. The van der Waals surface area contributed by atoms with Crippen molar-refractivity contribution in [1.82, 2.24) is 5.32 Å². The Morgan fingerprint density at radius 1 is 1.48 bits per heavy atom. The minimum absolute atomic E-state index is 0.0189. The van der Waals surface area contributed by atoms with E-state index in [0.29, 0.717) is 12.0 Å². The van der Waals surface area contributed by atoms with Gasteiger partial charge in [-0.1, -0.05) is 26.8 Å². The van der Waals surface area contributed by atoms with Gasteiger partial charge in [0.15, 0.2) is 0 Å². The second-order valence-electron chi connectivity index (χ2n) is 5.65. The lowest BCUT2D eigenvalue weighted by Crippen LogP contribution is -2.44. The van der Waals surface area contributed by atoms with Gasteiger partial charge in [0.05, 0.1) is 10.5 Å². The van der Waals surface area contributed by atoms with Gasteiger partial charge < -0.3 is 10.4 Å². The van der Waals surface area contributed by atoms with E-state index in [1.54, 1.807) is 19.1 Å². The fourth-order valence-corrected chi connectivity index (χ4v) is 1.74. The largest absolute Gasteiger partial charge is 0.388 e. The monoisotopic (exact) mass is 294 g/mol. The number of nitrogens with one attached hydrogen (secondary N) is 1. The predicted octanol–water partition coefficient (Wildman–Crippen LogP) is 2.29. The zero-order chi connectivity index (χ0) is 16.2. The van der Waals surface area contributed by atoms with Crippen molar-refractivity contribution in [3.63, 3.8) is 0 Å². The first-order valence-corrected chi connectivity index (χ1v) is 6.97. The van der Waals surface area contributed by atoms with E-state index in [9.17, 15) is 20.0 Å². The third kappa shape index (κ3) is 4.26. The molecule has 21 heavy (non-hydrogen) atoms. The van der Waals surface area contributed by atoms with Crippen molar-refractivity contribution >= 4 is 11.6 Å². The Kier molecular flexibility index (Phi) is 5.43. The van der Waals surface area contributed by atoms with Crippen LogP contribution in [0, 0.1) is 16.0 Å². The highest BCUT2D eigenvalue weighted by Crippen LogP contribution is 2.21. The van der Waals surface area contributed by atoms with Crippen LogP contribution >= 0.6 is 0 Å². The Morgan fingerprint density at radius 3 is 2.57 bits per heavy atom. The summed E-state index contributed by atoms with van der Waals surface area (Å²) in [6, 6.07) is 4.43. The summed E-state index contributed by atoms with van der Waals surface area (Å²) in [5.74, 6) is -0.448. The molecule has 1 unspecified atom stereocenters. The molecule has 0 aliphatic carbocycles. The number of aryl methyl sites for hydroxylation is 1. The Labute approximate surface area is 124 Å². The predicted molar refractivity (Wildman–Crippen MR) is 80.3 cm³/mol. The number of carbonyl (C=O) groups is 1. The quantitative estimate of drug-likeness (QED) is 0.622. The molecule has 0 aliphatic heterocycles. The summed E-state index contributed by atoms with van der Waals surface area (Å²) in [4.78, 5) is 22.6. The summed E-state index contributed by atoms with van der Waals surface area (Å²) in [6.07, 6.45) is 0.528. The molecular weight excluding hydrogens is 272 g/mol. The van der Waals surface area contributed by atoms with Crippen LogP contribution in [0.4, 0.5) is 5.69 Å². The molecule has 0 fully saturated rings. The van der Waals surface area contributed by atoms with E-state index in [2.05, 4.69) is 5.32 Å². The first-order valence-electron chi connectivity index (χ1n) is 6.97. The third-order valence-electron chi connectivity index (χ3n) is 3.78. The van der Waals surface area contributed by atoms with E-state index in [0.717, 1.165) is 0 Å². The van der Waals surface area contributed by atoms with Crippen LogP contribution in [0.3, 0.4) is 0 Å². The summed E-state index contributed by atoms with van der Waals surface area (Å²) in [5, 5.41) is 23.7. The molecule has 0 saturated heterocycles. The van der Waals surface area contributed by atoms with Gasteiger partial charge in [-0.25, -0.2) is 0 Å². The number of aliphatic hydroxyl groups is 1. The summed E-state index contributed by atoms with van der Waals surface area (Å²) < 4.78 is 0. The van der Waals surface area contributed by atoms with Crippen molar-refractivity contribution < 1.29 is 14.8 Å². The highest BCUT2D eigenvalue weighted by molar-refractivity contribution is 5.95. The van der Waals surface area contributed by atoms with E-state index in [4.69, 9.17) is 0 Å². The second kappa shape index (κ2) is 6.67. The van der Waals surface area contributed by atoms with Crippen LogP contribution in [0.25, 0.3) is 0 Å². The van der Waals surface area contributed by atoms with E-state index in [1.165, 1.54) is 6.07 Å². The Bertz CT molecular complexity index is 538. The lowest BCUT2D eigenvalue weighted by atomic mass is 9.92. The van der Waals surface area contributed by atoms with Gasteiger partial charge in [0, 0.05) is 23.7 Å². The van der Waals surface area contributed by atoms with Crippen molar-refractivity contribution in [1.29, 1.82) is 0 Å². The number of hydrogen-bond acceptors (Lipinski definition) is 4. The molecule has 1 amide bonds. The fraction of sp³-hybridized carbons (Fsp3) is 0.533. The van der Waals surface area contributed by atoms with Gasteiger partial charge in [-0.15, -0.1) is 0 Å². The van der Waals surface area contributed by atoms with Crippen LogP contribution in [0.1, 0.15) is 43.6 Å². The topological polar surface area (TPSA) is 92.5 Å². The molecule has 6 nitrogen and oxygen atoms in total. The SMILES string of the molecule is CCc1ccc(C(=O)NCC(C)(O)C(C)C)cc1[N+](=O)[O-]. The maximum atomic E-state index is 12.0. The van der Waals surface area contributed by atoms with Crippen LogP contribution in [-0.4, -0.2) is 28.1 Å². The third-order valence-corrected chi connectivity index (χ3v) is 3.78. The van der Waals surface area contributed by atoms with Gasteiger partial charge >= 0.3 is 0 Å². The van der Waals surface area contributed by atoms with Crippen LogP contribution < -0.4 is 5.32 Å². The fourth-order valence-electron chi connectivity index (χ4n) is 1.74. The molecule has 0 spiro atoms. The molecule has 1 atom stereocenters. The van der Waals surface area contributed by atoms with Crippen molar-refractivity contribution in [2.24, 2.45) is 5.92 Å². The lowest BCUT2D eigenvalue weighted by Gasteiger charge is -2.27. The molecule has 1 rings (SSSR count). The molecule has 0 saturated carbocycles. The average molecular weight is 294 g/mol. The molecule has 0 radical (unpaired) electrons. The number of carbonyl (C=O) groups excluding carboxylic acids is 1. The van der Waals surface area contributed by atoms with E-state index >= 15 is 0 Å². The highest BCUT2D eigenvalue weighted by atomic mass is 16.6. The molecule has 0 aliphatic rings. The van der Waals surface area contributed by atoms with Gasteiger partial charge in [0.1, 0.15) is 0 Å². The minimum atomic E-state index is -1.02. The lowest BCUT2D eigenvalue weighted by molar-refractivity contribution is -0.385. The Morgan fingerprint density at radius 2 is 2.10 bits per heavy atom. The summed E-state index contributed by atoms with van der Waals surface area (Å²) in [5.41, 5.74) is -0.268. The van der Waals surface area contributed by atoms with Gasteiger partial charge in [-0.3, -0.25) is 14.9 Å². The maximum Gasteiger partial charge on any atom is 0.273 e. The van der Waals surface area contributed by atoms with Crippen LogP contribution in [0.15, 0.2) is 18.2 Å². The zero-order valence-corrected chi connectivity index (χ0v) is 12.8. The smallest absolute Gasteiger partial charge is 0.273 e. The number of benzene rings is 1. The maximum absolute atomic E-state index is 12.0. The molecule has 1 aromatic rings. The van der Waals surface area contributed by atoms with Crippen molar-refractivity contribution in [3.05, 3.63) is 39.4 Å². The number of hydrogen-bond donors (Lipinski definition) is 2. The van der Waals surface area contributed by atoms with E-state index < -0.39 is 16.4 Å². The molecule has 0 aromatic heterocycles. The second-order valence-corrected chi connectivity index (χ2v) is 5.65. The molecule has 1 aromatic carbocycles. The first kappa shape index (κ1) is 17.1. The van der Waals surface area contributed by atoms with Crippen LogP contribution in [0.5, 0.6) is 0 Å². The van der Waals surface area contributed by atoms with Crippen molar-refractivity contribution in [2.45, 2.75) is 39.7 Å². The van der Waals surface area contributed by atoms with E-state index in [1.807, 2.05) is 20.8 Å². The summed E-state index contributed by atoms with van der Waals surface area (Å²) in [6.45, 7) is 7.26. The van der Waals surface area contributed by atoms with Crippen molar-refractivity contribution in [2.75, 3.05) is 6.54 Å². The molecular formula is C15H22N2O4. The molecule has 2 N–H and O–H groups in total. The molecule has 6 heteroatoms. The standard InChI is InChI=1S/C15H22N2O4/c1-5-11-6-7-12(8-13(11)17(20)21)14(18)16-9-15(4,19)10(2)3/h6-8,10,19H,5,9H2,1-4H3,(H,16,18). The normalized spacial score (nSPS) is 13.8. The van der Waals surface area contributed by atoms with E-state index in [-0.39, 0.29) is 23.7 Å². The van der Waals surface area contributed by atoms with Gasteiger partial charge in [-0.05, 0) is 25.3 Å². The summed E-state index contributed by atoms with van der Waals surface area (Å²) >= 11 is 0. The number of nitro groups is 1. The van der Waals surface area contributed by atoms with Crippen LogP contribution in [0.2, 0.25) is 0 Å². The summed E-state index contributed by atoms with van der Waals surface area (Å²) in [7, 11) is 0. The van der Waals surface area contributed by atoms with Gasteiger partial charge in [0.2, 0.25) is 0 Å². The Hall–Kier alpha value is -1.95. The minimum Gasteiger partial charge on any atom is -0.388 e. The Balaban J connectivity index is 2.89. The number of nitro benzene ring substituents is 1. The van der Waals surface area contributed by atoms with Gasteiger partial charge in [-0.2, -0.15) is 0 Å². The average Bonchev–Trinajstić information content (AvgIpc) is 2.43. The molecule has 116 valence electrons. The number of nitrogens with zero attached hydrogens (tertiary/aromatic N) is 1. The first-order chi connectivity index (χ1) is 9.69. The van der Waals surface area contributed by atoms with Gasteiger partial charge in [0.25, 0.3) is 11.6 Å².